The predicted molar refractivity (Wildman–Crippen MR) is 170 cm³/mol. The molecule has 9 heteroatoms. The molecule has 2 aliphatic heterocycles. The fourth-order valence-corrected chi connectivity index (χ4v) is 6.36. The second kappa shape index (κ2) is 14.4. The lowest BCUT2D eigenvalue weighted by molar-refractivity contribution is -0.153. The maximum atomic E-state index is 14.2. The first-order valence-corrected chi connectivity index (χ1v) is 15.8. The molecule has 1 saturated heterocycles. The summed E-state index contributed by atoms with van der Waals surface area (Å²) in [5.74, 6) is -0.522. The zero-order chi connectivity index (χ0) is 30.3. The van der Waals surface area contributed by atoms with E-state index in [0.29, 0.717) is 61.9 Å². The fraction of sp³-hybridized carbons (Fsp3) is 0.382. The van der Waals surface area contributed by atoms with Gasteiger partial charge in [-0.15, -0.1) is 0 Å². The van der Waals surface area contributed by atoms with E-state index in [2.05, 4.69) is 16.7 Å². The molecule has 3 aromatic carbocycles. The molecule has 0 spiro atoms. The van der Waals surface area contributed by atoms with Gasteiger partial charge >= 0.3 is 0 Å². The van der Waals surface area contributed by atoms with Crippen LogP contribution in [0.15, 0.2) is 72.8 Å². The molecule has 2 N–H and O–H groups in total. The van der Waals surface area contributed by atoms with Crippen molar-refractivity contribution >= 4 is 40.9 Å². The quantitative estimate of drug-likeness (QED) is 0.341. The lowest BCUT2D eigenvalue weighted by atomic mass is 9.95. The second-order valence-electron chi connectivity index (χ2n) is 11.3. The van der Waals surface area contributed by atoms with E-state index in [-0.39, 0.29) is 17.7 Å². The van der Waals surface area contributed by atoms with Crippen LogP contribution >= 0.6 is 23.2 Å². The first-order chi connectivity index (χ1) is 20.8. The largest absolute Gasteiger partial charge is 0.343 e. The van der Waals surface area contributed by atoms with E-state index in [1.807, 2.05) is 66.4 Å². The number of fused-ring (bicyclic) bond motifs is 1. The summed E-state index contributed by atoms with van der Waals surface area (Å²) in [5, 5.41) is 7.66. The molecule has 5 rings (SSSR count). The molecule has 1 fully saturated rings. The average molecular weight is 622 g/mol. The highest BCUT2D eigenvalue weighted by Crippen LogP contribution is 2.22. The van der Waals surface area contributed by atoms with Gasteiger partial charge in [-0.05, 0) is 59.7 Å². The molecule has 3 unspecified atom stereocenters. The molecule has 2 heterocycles. The van der Waals surface area contributed by atoms with Crippen molar-refractivity contribution in [1.82, 2.24) is 20.4 Å². The number of rotatable bonds is 10. The second-order valence-corrected chi connectivity index (χ2v) is 12.1. The van der Waals surface area contributed by atoms with Gasteiger partial charge in [0, 0.05) is 42.6 Å². The number of amides is 3. The maximum Gasteiger partial charge on any atom is 0.246 e. The maximum absolute atomic E-state index is 14.2. The van der Waals surface area contributed by atoms with Crippen molar-refractivity contribution in [1.29, 1.82) is 0 Å². The van der Waals surface area contributed by atoms with E-state index in [1.165, 1.54) is 5.56 Å². The number of nitrogens with one attached hydrogen (secondary N) is 2. The van der Waals surface area contributed by atoms with Crippen LogP contribution < -0.4 is 10.6 Å². The van der Waals surface area contributed by atoms with Gasteiger partial charge in [0.05, 0.1) is 6.04 Å². The predicted octanol–water partition coefficient (Wildman–Crippen LogP) is 4.82. The van der Waals surface area contributed by atoms with Gasteiger partial charge in [0.15, 0.2) is 0 Å². The van der Waals surface area contributed by atoms with Crippen molar-refractivity contribution in [2.45, 2.75) is 63.7 Å². The van der Waals surface area contributed by atoms with Crippen LogP contribution in [0.3, 0.4) is 0 Å². The summed E-state index contributed by atoms with van der Waals surface area (Å²) >= 11 is 12.5. The summed E-state index contributed by atoms with van der Waals surface area (Å²) in [6.45, 7) is 3.97. The third-order valence-corrected chi connectivity index (χ3v) is 9.02. The number of halogens is 2. The molecule has 3 amide bonds. The highest BCUT2D eigenvalue weighted by atomic mass is 35.5. The minimum Gasteiger partial charge on any atom is -0.343 e. The monoisotopic (exact) mass is 620 g/mol. The third kappa shape index (κ3) is 7.58. The van der Waals surface area contributed by atoms with Gasteiger partial charge in [0.2, 0.25) is 17.7 Å². The summed E-state index contributed by atoms with van der Waals surface area (Å²) in [7, 11) is 0. The average Bonchev–Trinajstić information content (AvgIpc) is 3.02. The molecule has 0 aromatic heterocycles. The normalized spacial score (nSPS) is 19.1. The van der Waals surface area contributed by atoms with Crippen LogP contribution in [0.4, 0.5) is 0 Å². The molecule has 3 aromatic rings. The topological polar surface area (TPSA) is 81.8 Å². The van der Waals surface area contributed by atoms with Crippen molar-refractivity contribution in [2.75, 3.05) is 19.6 Å². The molecule has 0 saturated carbocycles. The van der Waals surface area contributed by atoms with Crippen LogP contribution in [0, 0.1) is 0 Å². The molecule has 0 aliphatic carbocycles. The van der Waals surface area contributed by atoms with Gasteiger partial charge in [-0.2, -0.15) is 0 Å². The SMILES string of the molecule is CCCC1C(=O)N(CCc2ccccc2Cl)CCN1C(=O)C(Cc1ccc(Cl)cc1)NC(=O)C1Cc2ccccc2CN1. The number of nitrogens with zero attached hydrogens (tertiary/aromatic N) is 2. The molecule has 0 bridgehead atoms. The molecule has 7 nitrogen and oxygen atoms in total. The highest BCUT2D eigenvalue weighted by Gasteiger charge is 2.40. The number of piperazine rings is 1. The van der Waals surface area contributed by atoms with Crippen LogP contribution in [0.2, 0.25) is 10.0 Å². The fourth-order valence-electron chi connectivity index (χ4n) is 6.00. The number of carbonyl (C=O) groups is 3. The van der Waals surface area contributed by atoms with Crippen LogP contribution in [0.25, 0.3) is 0 Å². The Labute approximate surface area is 263 Å². The van der Waals surface area contributed by atoms with E-state index < -0.39 is 18.1 Å². The number of hydrogen-bond acceptors (Lipinski definition) is 4. The molecule has 226 valence electrons. The van der Waals surface area contributed by atoms with Gasteiger partial charge < -0.3 is 20.4 Å². The van der Waals surface area contributed by atoms with E-state index >= 15 is 0 Å². The van der Waals surface area contributed by atoms with Gasteiger partial charge in [-0.1, -0.05) is 91.1 Å². The van der Waals surface area contributed by atoms with Crippen LogP contribution in [-0.2, 0) is 40.2 Å². The zero-order valence-corrected chi connectivity index (χ0v) is 25.9. The van der Waals surface area contributed by atoms with Crippen molar-refractivity contribution in [3.8, 4) is 0 Å². The summed E-state index contributed by atoms with van der Waals surface area (Å²) in [6.07, 6.45) is 2.79. The lowest BCUT2D eigenvalue weighted by Crippen LogP contribution is -2.63. The van der Waals surface area contributed by atoms with Gasteiger partial charge in [-0.3, -0.25) is 14.4 Å². The van der Waals surface area contributed by atoms with Gasteiger partial charge in [0.1, 0.15) is 12.1 Å². The third-order valence-electron chi connectivity index (χ3n) is 8.40. The van der Waals surface area contributed by atoms with Crippen molar-refractivity contribution in [3.63, 3.8) is 0 Å². The zero-order valence-electron chi connectivity index (χ0n) is 24.4. The Morgan fingerprint density at radius 2 is 1.70 bits per heavy atom. The standard InChI is InChI=1S/C34H38Cl2N4O3/c1-2-7-31-34(43)39(17-16-24-8-5-6-11-28(24)36)18-19-40(31)33(42)30(20-23-12-14-27(35)15-13-23)38-32(41)29-21-25-9-3-4-10-26(25)22-37-29/h3-6,8-15,29-31,37H,2,7,16-22H2,1H3,(H,38,41). The van der Waals surface area contributed by atoms with Crippen LogP contribution in [-0.4, -0.2) is 65.3 Å². The lowest BCUT2D eigenvalue weighted by Gasteiger charge is -2.42. The number of carbonyl (C=O) groups excluding carboxylic acids is 3. The number of hydrogen-bond donors (Lipinski definition) is 2. The Kier molecular flexibility index (Phi) is 10.4. The van der Waals surface area contributed by atoms with Crippen molar-refractivity contribution in [2.24, 2.45) is 0 Å². The van der Waals surface area contributed by atoms with E-state index in [0.717, 1.165) is 23.1 Å². The Bertz CT molecular complexity index is 1450. The molecular weight excluding hydrogens is 583 g/mol. The first-order valence-electron chi connectivity index (χ1n) is 15.0. The Hall–Kier alpha value is -3.39. The van der Waals surface area contributed by atoms with E-state index in [4.69, 9.17) is 23.2 Å². The smallest absolute Gasteiger partial charge is 0.246 e. The van der Waals surface area contributed by atoms with Gasteiger partial charge in [-0.25, -0.2) is 0 Å². The Balaban J connectivity index is 1.32. The molecule has 0 radical (unpaired) electrons. The van der Waals surface area contributed by atoms with Gasteiger partial charge in [0.25, 0.3) is 0 Å². The minimum atomic E-state index is -0.825. The van der Waals surface area contributed by atoms with E-state index in [9.17, 15) is 14.4 Å². The van der Waals surface area contributed by atoms with Crippen LogP contribution in [0.1, 0.15) is 42.0 Å². The summed E-state index contributed by atoms with van der Waals surface area (Å²) in [6, 6.07) is 21.2. The highest BCUT2D eigenvalue weighted by molar-refractivity contribution is 6.31. The molecule has 2 aliphatic rings. The first kappa shape index (κ1) is 31.0. The summed E-state index contributed by atoms with van der Waals surface area (Å²) < 4.78 is 0. The van der Waals surface area contributed by atoms with Crippen molar-refractivity contribution < 1.29 is 14.4 Å². The molecular formula is C34H38Cl2N4O3. The molecule has 43 heavy (non-hydrogen) atoms. The Morgan fingerprint density at radius 3 is 2.44 bits per heavy atom. The summed E-state index contributed by atoms with van der Waals surface area (Å²) in [4.78, 5) is 45.0. The molecule has 3 atom stereocenters. The minimum absolute atomic E-state index is 0.0596. The van der Waals surface area contributed by atoms with Crippen molar-refractivity contribution in [3.05, 3.63) is 105 Å². The van der Waals surface area contributed by atoms with E-state index in [1.54, 1.807) is 17.0 Å². The van der Waals surface area contributed by atoms with Crippen LogP contribution in [0.5, 0.6) is 0 Å². The Morgan fingerprint density at radius 1 is 0.977 bits per heavy atom. The summed E-state index contributed by atoms with van der Waals surface area (Å²) in [5.41, 5.74) is 4.17. The number of benzene rings is 3.